The van der Waals surface area contributed by atoms with E-state index in [0.717, 1.165) is 5.56 Å². The molecule has 0 aliphatic carbocycles. The Labute approximate surface area is 84.6 Å². The molecule has 1 aromatic carbocycles. The third-order valence-electron chi connectivity index (χ3n) is 2.42. The lowest BCUT2D eigenvalue weighted by Crippen LogP contribution is -2.16. The van der Waals surface area contributed by atoms with Gasteiger partial charge >= 0.3 is 0 Å². The van der Waals surface area contributed by atoms with E-state index in [1.54, 1.807) is 32.9 Å². The van der Waals surface area contributed by atoms with Crippen LogP contribution in [0, 0.1) is 12.7 Å². The first-order chi connectivity index (χ1) is 6.36. The molecule has 14 heavy (non-hydrogen) atoms. The molecule has 2 heteroatoms. The van der Waals surface area contributed by atoms with Crippen LogP contribution in [0.2, 0.25) is 0 Å². The minimum absolute atomic E-state index is 0.152. The summed E-state index contributed by atoms with van der Waals surface area (Å²) < 4.78 is 13.5. The molecule has 1 rings (SSSR count). The first kappa shape index (κ1) is 11.2. The van der Waals surface area contributed by atoms with Gasteiger partial charge in [0, 0.05) is 0 Å². The summed E-state index contributed by atoms with van der Waals surface area (Å²) in [5, 5.41) is 9.80. The highest BCUT2D eigenvalue weighted by Crippen LogP contribution is 2.24. The van der Waals surface area contributed by atoms with Crippen LogP contribution in [0.3, 0.4) is 0 Å². The lowest BCUT2D eigenvalue weighted by molar-refractivity contribution is 0.0783. The average molecular weight is 196 g/mol. The molecule has 0 heterocycles. The molecule has 1 N–H and O–H groups in total. The van der Waals surface area contributed by atoms with Gasteiger partial charge in [0.25, 0.3) is 0 Å². The minimum Gasteiger partial charge on any atom is -0.386 e. The molecule has 0 fully saturated rings. The summed E-state index contributed by atoms with van der Waals surface area (Å²) in [6.07, 6.45) is 0.649. The second-order valence-corrected chi connectivity index (χ2v) is 4.18. The maximum atomic E-state index is 13.5. The van der Waals surface area contributed by atoms with Gasteiger partial charge in [-0.1, -0.05) is 19.1 Å². The molecular formula is C12H17FO. The average Bonchev–Trinajstić information content (AvgIpc) is 2.07. The molecule has 0 amide bonds. The van der Waals surface area contributed by atoms with Crippen LogP contribution in [0.1, 0.15) is 37.5 Å². The van der Waals surface area contributed by atoms with Crippen molar-refractivity contribution in [2.24, 2.45) is 0 Å². The zero-order valence-corrected chi connectivity index (χ0v) is 9.19. The number of benzene rings is 1. The first-order valence-electron chi connectivity index (χ1n) is 4.88. The van der Waals surface area contributed by atoms with Crippen molar-refractivity contribution < 1.29 is 9.50 Å². The van der Waals surface area contributed by atoms with Crippen LogP contribution in [0.4, 0.5) is 4.39 Å². The van der Waals surface area contributed by atoms with Crippen LogP contribution < -0.4 is 0 Å². The predicted molar refractivity (Wildman–Crippen MR) is 55.8 cm³/mol. The Kier molecular flexibility index (Phi) is 2.95. The number of aliphatic hydroxyl groups is 1. The van der Waals surface area contributed by atoms with E-state index < -0.39 is 5.60 Å². The molecule has 0 bridgehead atoms. The standard InChI is InChI=1S/C12H17FO/c1-5-9-7-10(12(3,4)14)6-8(2)11(9)13/h6-7,14H,5H2,1-4H3. The van der Waals surface area contributed by atoms with Gasteiger partial charge in [-0.3, -0.25) is 0 Å². The van der Waals surface area contributed by atoms with Gasteiger partial charge in [-0.25, -0.2) is 4.39 Å². The second kappa shape index (κ2) is 3.70. The Balaban J connectivity index is 3.30. The van der Waals surface area contributed by atoms with Crippen LogP contribution in [0.5, 0.6) is 0 Å². The summed E-state index contributed by atoms with van der Waals surface area (Å²) in [4.78, 5) is 0. The summed E-state index contributed by atoms with van der Waals surface area (Å²) in [5.41, 5.74) is 1.14. The van der Waals surface area contributed by atoms with Gasteiger partial charge in [-0.2, -0.15) is 0 Å². The van der Waals surface area contributed by atoms with Gasteiger partial charge in [0.2, 0.25) is 0 Å². The molecule has 1 aromatic rings. The van der Waals surface area contributed by atoms with Crippen molar-refractivity contribution in [3.8, 4) is 0 Å². The van der Waals surface area contributed by atoms with Crippen molar-refractivity contribution in [1.82, 2.24) is 0 Å². The lowest BCUT2D eigenvalue weighted by Gasteiger charge is -2.19. The molecule has 0 spiro atoms. The quantitative estimate of drug-likeness (QED) is 0.771. The van der Waals surface area contributed by atoms with Crippen molar-refractivity contribution in [1.29, 1.82) is 0 Å². The van der Waals surface area contributed by atoms with Crippen molar-refractivity contribution in [2.45, 2.75) is 39.7 Å². The third kappa shape index (κ3) is 2.13. The fourth-order valence-electron chi connectivity index (χ4n) is 1.45. The second-order valence-electron chi connectivity index (χ2n) is 4.18. The highest BCUT2D eigenvalue weighted by molar-refractivity contribution is 5.34. The van der Waals surface area contributed by atoms with E-state index in [4.69, 9.17) is 0 Å². The Morgan fingerprint density at radius 2 is 1.93 bits per heavy atom. The van der Waals surface area contributed by atoms with Gasteiger partial charge in [-0.05, 0) is 43.9 Å². The Morgan fingerprint density at radius 1 is 1.36 bits per heavy atom. The van der Waals surface area contributed by atoms with Crippen LogP contribution in [-0.2, 0) is 12.0 Å². The fourth-order valence-corrected chi connectivity index (χ4v) is 1.45. The summed E-state index contributed by atoms with van der Waals surface area (Å²) in [7, 11) is 0. The predicted octanol–water partition coefficient (Wildman–Crippen LogP) is 2.92. The molecule has 0 aliphatic rings. The van der Waals surface area contributed by atoms with E-state index in [2.05, 4.69) is 0 Å². The number of hydrogen-bond donors (Lipinski definition) is 1. The van der Waals surface area contributed by atoms with Crippen LogP contribution in [0.15, 0.2) is 12.1 Å². The molecule has 0 saturated heterocycles. The van der Waals surface area contributed by atoms with Crippen LogP contribution in [-0.4, -0.2) is 5.11 Å². The molecule has 0 unspecified atom stereocenters. The van der Waals surface area contributed by atoms with Gasteiger partial charge in [0.1, 0.15) is 5.82 Å². The SMILES string of the molecule is CCc1cc(C(C)(C)O)cc(C)c1F. The maximum absolute atomic E-state index is 13.5. The van der Waals surface area contributed by atoms with Crippen molar-refractivity contribution in [3.63, 3.8) is 0 Å². The van der Waals surface area contributed by atoms with E-state index >= 15 is 0 Å². The number of halogens is 1. The highest BCUT2D eigenvalue weighted by Gasteiger charge is 2.18. The Bertz CT molecular complexity index is 337. The molecule has 0 aliphatic heterocycles. The first-order valence-corrected chi connectivity index (χ1v) is 4.88. The third-order valence-corrected chi connectivity index (χ3v) is 2.42. The normalized spacial score (nSPS) is 11.9. The summed E-state index contributed by atoms with van der Waals surface area (Å²) in [5.74, 6) is -0.152. The topological polar surface area (TPSA) is 20.2 Å². The molecule has 0 saturated carbocycles. The van der Waals surface area contributed by atoms with Crippen LogP contribution >= 0.6 is 0 Å². The Morgan fingerprint density at radius 3 is 2.36 bits per heavy atom. The van der Waals surface area contributed by atoms with Gasteiger partial charge < -0.3 is 5.11 Å². The number of hydrogen-bond acceptors (Lipinski definition) is 1. The highest BCUT2D eigenvalue weighted by atomic mass is 19.1. The fraction of sp³-hybridized carbons (Fsp3) is 0.500. The number of aryl methyl sites for hydroxylation is 2. The summed E-state index contributed by atoms with van der Waals surface area (Å²) >= 11 is 0. The van der Waals surface area contributed by atoms with E-state index in [1.807, 2.05) is 6.92 Å². The van der Waals surface area contributed by atoms with Gasteiger partial charge in [0.05, 0.1) is 5.60 Å². The monoisotopic (exact) mass is 196 g/mol. The largest absolute Gasteiger partial charge is 0.386 e. The summed E-state index contributed by atoms with van der Waals surface area (Å²) in [6.45, 7) is 7.05. The molecular weight excluding hydrogens is 179 g/mol. The van der Waals surface area contributed by atoms with Gasteiger partial charge in [-0.15, -0.1) is 0 Å². The molecule has 0 aromatic heterocycles. The summed E-state index contributed by atoms with van der Waals surface area (Å²) in [6, 6.07) is 3.44. The van der Waals surface area contributed by atoms with Crippen LogP contribution in [0.25, 0.3) is 0 Å². The molecule has 78 valence electrons. The zero-order valence-electron chi connectivity index (χ0n) is 9.19. The van der Waals surface area contributed by atoms with E-state index in [1.165, 1.54) is 0 Å². The molecule has 1 nitrogen and oxygen atoms in total. The Hall–Kier alpha value is -0.890. The minimum atomic E-state index is -0.900. The lowest BCUT2D eigenvalue weighted by atomic mass is 9.93. The maximum Gasteiger partial charge on any atom is 0.129 e. The van der Waals surface area contributed by atoms with Crippen molar-refractivity contribution >= 4 is 0 Å². The van der Waals surface area contributed by atoms with Crippen molar-refractivity contribution in [2.75, 3.05) is 0 Å². The molecule has 0 radical (unpaired) electrons. The zero-order chi connectivity index (χ0) is 10.9. The molecule has 0 atom stereocenters. The van der Waals surface area contributed by atoms with E-state index in [-0.39, 0.29) is 5.82 Å². The van der Waals surface area contributed by atoms with Crippen molar-refractivity contribution in [3.05, 3.63) is 34.6 Å². The van der Waals surface area contributed by atoms with E-state index in [0.29, 0.717) is 17.5 Å². The van der Waals surface area contributed by atoms with Gasteiger partial charge in [0.15, 0.2) is 0 Å². The number of rotatable bonds is 2. The van der Waals surface area contributed by atoms with E-state index in [9.17, 15) is 9.50 Å². The smallest absolute Gasteiger partial charge is 0.129 e.